The molecule has 2 fully saturated rings. The number of aldehydes is 1. The minimum Gasteiger partial charge on any atom is -0.496 e. The first-order chi connectivity index (χ1) is 32.9. The first-order valence-corrected chi connectivity index (χ1v) is 23.6. The van der Waals surface area contributed by atoms with Crippen LogP contribution in [-0.2, 0) is 27.5 Å². The second-order valence-corrected chi connectivity index (χ2v) is 18.1. The lowest BCUT2D eigenvalue weighted by Crippen LogP contribution is -2.70. The van der Waals surface area contributed by atoms with E-state index in [0.29, 0.717) is 58.6 Å². The Labute approximate surface area is 391 Å². The lowest BCUT2D eigenvalue weighted by atomic mass is 9.55. The average Bonchev–Trinajstić information content (AvgIpc) is 4.10. The molecule has 0 aromatic heterocycles. The number of aliphatic hydroxyl groups is 2. The van der Waals surface area contributed by atoms with Crippen molar-refractivity contribution >= 4 is 17.9 Å². The number of allylic oxidation sites excluding steroid dienone is 1. The van der Waals surface area contributed by atoms with E-state index in [2.05, 4.69) is 12.7 Å². The van der Waals surface area contributed by atoms with Gasteiger partial charge in [0, 0.05) is 43.6 Å². The van der Waals surface area contributed by atoms with E-state index in [-0.39, 0.29) is 75.8 Å². The van der Waals surface area contributed by atoms with E-state index in [9.17, 15) is 15.0 Å². The average molecular weight is 913 g/mol. The van der Waals surface area contributed by atoms with Gasteiger partial charge in [-0.3, -0.25) is 9.59 Å². The summed E-state index contributed by atoms with van der Waals surface area (Å²) in [6.45, 7) is 5.01. The van der Waals surface area contributed by atoms with Crippen LogP contribution in [0.2, 0.25) is 0 Å². The molecule has 6 unspecified atom stereocenters. The molecular formula is C54H60N2O11. The number of ether oxygens (including phenoxy) is 6. The van der Waals surface area contributed by atoms with E-state index in [4.69, 9.17) is 38.4 Å². The number of amides is 1. The minimum atomic E-state index is -1.43. The third-order valence-corrected chi connectivity index (χ3v) is 13.8. The van der Waals surface area contributed by atoms with E-state index in [1.54, 1.807) is 24.3 Å². The van der Waals surface area contributed by atoms with E-state index in [1.165, 1.54) is 7.11 Å². The smallest absolute Gasteiger partial charge is 0.239 e. The molecule has 6 atom stereocenters. The lowest BCUT2D eigenvalue weighted by molar-refractivity contribution is -0.258. The number of rotatable bonds is 22. The minimum absolute atomic E-state index is 0.0120. The van der Waals surface area contributed by atoms with Crippen LogP contribution in [-0.4, -0.2) is 78.6 Å². The van der Waals surface area contributed by atoms with Crippen molar-refractivity contribution in [2.24, 2.45) is 28.8 Å². The fraction of sp³-hybridized carbons (Fsp3) is 0.426. The molecule has 2 N–H and O–H groups in total. The summed E-state index contributed by atoms with van der Waals surface area (Å²) in [5, 5.41) is 25.1. The maximum atomic E-state index is 15.0. The van der Waals surface area contributed by atoms with Gasteiger partial charge in [0.25, 0.3) is 0 Å². The molecule has 0 spiro atoms. The van der Waals surface area contributed by atoms with Crippen molar-refractivity contribution in [3.63, 3.8) is 0 Å². The van der Waals surface area contributed by atoms with Crippen molar-refractivity contribution in [2.75, 3.05) is 33.7 Å². The molecule has 2 heterocycles. The molecule has 3 aliphatic carbocycles. The Hall–Kier alpha value is -6.15. The number of aliphatic hydroxyl groups excluding tert-OH is 2. The van der Waals surface area contributed by atoms with Gasteiger partial charge >= 0.3 is 0 Å². The molecule has 0 saturated heterocycles. The number of hydrogen-bond acceptors (Lipinski definition) is 12. The van der Waals surface area contributed by atoms with Gasteiger partial charge in [0.2, 0.25) is 18.5 Å². The van der Waals surface area contributed by atoms with Gasteiger partial charge in [-0.15, -0.1) is 6.58 Å². The van der Waals surface area contributed by atoms with Gasteiger partial charge in [-0.2, -0.15) is 0 Å². The summed E-state index contributed by atoms with van der Waals surface area (Å²) in [6, 6.07) is 25.9. The summed E-state index contributed by atoms with van der Waals surface area (Å²) in [5.74, 6) is 1.08. The molecule has 13 nitrogen and oxygen atoms in total. The third kappa shape index (κ3) is 9.68. The van der Waals surface area contributed by atoms with Crippen LogP contribution in [0.25, 0.3) is 0 Å². The molecule has 4 aromatic carbocycles. The predicted octanol–water partition coefficient (Wildman–Crippen LogP) is 9.30. The number of nitrogens with zero attached hydrogens (tertiary/aromatic N) is 2. The number of unbranched alkanes of at least 4 members (excludes halogenated alkanes) is 2. The van der Waals surface area contributed by atoms with Gasteiger partial charge in [-0.1, -0.05) is 66.5 Å². The normalized spacial score (nSPS) is 23.8. The van der Waals surface area contributed by atoms with Gasteiger partial charge in [0.05, 0.1) is 30.9 Å². The van der Waals surface area contributed by atoms with Gasteiger partial charge in [-0.25, -0.2) is 0 Å². The molecule has 0 radical (unpaired) electrons. The van der Waals surface area contributed by atoms with Crippen LogP contribution in [0.15, 0.2) is 114 Å². The summed E-state index contributed by atoms with van der Waals surface area (Å²) in [6.07, 6.45) is 11.1. The number of methoxy groups -OCH3 is 1. The summed E-state index contributed by atoms with van der Waals surface area (Å²) >= 11 is 0. The van der Waals surface area contributed by atoms with E-state index < -0.39 is 17.7 Å². The Balaban J connectivity index is 1.23. The molecule has 13 heteroatoms. The van der Waals surface area contributed by atoms with Crippen LogP contribution in [0.3, 0.4) is 0 Å². The molecule has 2 aliphatic heterocycles. The molecule has 5 aliphatic rings. The highest BCUT2D eigenvalue weighted by Crippen LogP contribution is 2.62. The quantitative estimate of drug-likeness (QED) is 0.0336. The molecule has 352 valence electrons. The molecule has 9 rings (SSSR count). The largest absolute Gasteiger partial charge is 0.496 e. The van der Waals surface area contributed by atoms with Crippen molar-refractivity contribution < 1.29 is 53.1 Å². The zero-order valence-corrected chi connectivity index (χ0v) is 38.1. The Kier molecular flexibility index (Phi) is 14.3. The SMILES string of the molecule is C=CCOC12Oc3ccc(Oc4ccc(OC)c(C=O)c4)cc3C3C(CCCCO)C(CCCCO)C=C(C(=NOCc4ccccc4)CC1N(Cc1ccc4c(c1)OCO4)C(=O)C1CC1)C32. The van der Waals surface area contributed by atoms with Crippen molar-refractivity contribution in [1.29, 1.82) is 0 Å². The van der Waals surface area contributed by atoms with Crippen LogP contribution in [0.1, 0.15) is 90.8 Å². The number of fused-ring (bicyclic) bond motifs is 3. The molecule has 4 aromatic rings. The maximum Gasteiger partial charge on any atom is 0.239 e. The Morgan fingerprint density at radius 1 is 0.896 bits per heavy atom. The van der Waals surface area contributed by atoms with E-state index in [1.807, 2.05) is 71.6 Å². The predicted molar refractivity (Wildman–Crippen MR) is 250 cm³/mol. The maximum absolute atomic E-state index is 15.0. The summed E-state index contributed by atoms with van der Waals surface area (Å²) < 4.78 is 38.1. The van der Waals surface area contributed by atoms with Crippen molar-refractivity contribution in [1.82, 2.24) is 4.90 Å². The number of carbonyl (C=O) groups is 2. The Bertz CT molecular complexity index is 2470. The zero-order valence-electron chi connectivity index (χ0n) is 38.1. The summed E-state index contributed by atoms with van der Waals surface area (Å²) in [4.78, 5) is 35.3. The molecule has 67 heavy (non-hydrogen) atoms. The first kappa shape index (κ1) is 46.0. The third-order valence-electron chi connectivity index (χ3n) is 13.8. The van der Waals surface area contributed by atoms with Gasteiger partial charge < -0.3 is 48.4 Å². The van der Waals surface area contributed by atoms with Gasteiger partial charge in [0.15, 0.2) is 17.8 Å². The summed E-state index contributed by atoms with van der Waals surface area (Å²) in [5.41, 5.74) is 4.78. The van der Waals surface area contributed by atoms with E-state index >= 15 is 4.79 Å². The van der Waals surface area contributed by atoms with Gasteiger partial charge in [0.1, 0.15) is 35.6 Å². The number of oxime groups is 1. The first-order valence-electron chi connectivity index (χ1n) is 23.6. The van der Waals surface area contributed by atoms with Crippen LogP contribution in [0.5, 0.6) is 34.5 Å². The molecule has 0 bridgehead atoms. The molecular weight excluding hydrogens is 853 g/mol. The fourth-order valence-corrected chi connectivity index (χ4v) is 10.6. The van der Waals surface area contributed by atoms with Crippen molar-refractivity contribution in [3.05, 3.63) is 131 Å². The van der Waals surface area contributed by atoms with E-state index in [0.717, 1.165) is 67.1 Å². The molecule has 1 amide bonds. The number of hydrogen-bond donors (Lipinski definition) is 2. The van der Waals surface area contributed by atoms with Crippen molar-refractivity contribution in [2.45, 2.75) is 88.7 Å². The fourth-order valence-electron chi connectivity index (χ4n) is 10.6. The highest BCUT2D eigenvalue weighted by atomic mass is 16.7. The molecule has 2 saturated carbocycles. The lowest BCUT2D eigenvalue weighted by Gasteiger charge is -2.60. The second-order valence-electron chi connectivity index (χ2n) is 18.1. The van der Waals surface area contributed by atoms with Crippen LogP contribution in [0.4, 0.5) is 0 Å². The summed E-state index contributed by atoms with van der Waals surface area (Å²) in [7, 11) is 1.52. The van der Waals surface area contributed by atoms with Crippen LogP contribution in [0, 0.1) is 23.7 Å². The van der Waals surface area contributed by atoms with Gasteiger partial charge in [-0.05, 0) is 116 Å². The Morgan fingerprint density at radius 2 is 1.66 bits per heavy atom. The number of benzene rings is 4. The van der Waals surface area contributed by atoms with Crippen molar-refractivity contribution in [3.8, 4) is 34.5 Å². The second kappa shape index (κ2) is 20.8. The topological polar surface area (TPSA) is 155 Å². The number of carbonyl (C=O) groups excluding carboxylic acids is 2. The van der Waals surface area contributed by atoms with Crippen LogP contribution >= 0.6 is 0 Å². The zero-order chi connectivity index (χ0) is 46.3. The monoisotopic (exact) mass is 912 g/mol. The highest BCUT2D eigenvalue weighted by Gasteiger charge is 2.66. The standard InChI is InChI=1S/C54H60N2O11/c1-3-25-64-54-50(56(53(60)37-16-17-37)31-36-15-20-48-49(26-36)63-34-62-48)30-45(55-65-33-35-11-5-4-6-12-35)43-28-38(13-7-9-23-57)42(14-8-10-24-58)51(52(43)54)44-29-41(19-22-47(44)67-54)66-40-18-21-46(61-2)39(27-40)32-59/h3-6,11-12,15,18-22,26-29,32,37-38,42,50-52,57-58H,1,7-10,13-14,16-17,23-25,30-31,33-34H2,2H3. The van der Waals surface area contributed by atoms with Crippen LogP contribution < -0.4 is 23.7 Å². The highest BCUT2D eigenvalue weighted by molar-refractivity contribution is 6.03. The Morgan fingerprint density at radius 3 is 2.42 bits per heavy atom.